The van der Waals surface area contributed by atoms with Gasteiger partial charge in [-0.3, -0.25) is 0 Å². The van der Waals surface area contributed by atoms with Gasteiger partial charge >= 0.3 is 0 Å². The molecular weight excluding hydrogens is 308 g/mol. The Morgan fingerprint density at radius 1 is 1.12 bits per heavy atom. The summed E-state index contributed by atoms with van der Waals surface area (Å²) in [4.78, 5) is 4.41. The van der Waals surface area contributed by atoms with Crippen LogP contribution in [0.15, 0.2) is 36.4 Å². The number of benzene rings is 1. The van der Waals surface area contributed by atoms with Gasteiger partial charge in [0.25, 0.3) is 5.88 Å². The third-order valence-corrected chi connectivity index (χ3v) is 3.54. The van der Waals surface area contributed by atoms with Crippen LogP contribution in [0.4, 0.5) is 5.82 Å². The van der Waals surface area contributed by atoms with Crippen LogP contribution < -0.4 is 19.5 Å². The van der Waals surface area contributed by atoms with E-state index in [0.717, 1.165) is 17.1 Å². The van der Waals surface area contributed by atoms with Crippen molar-refractivity contribution in [1.82, 2.24) is 4.98 Å². The van der Waals surface area contributed by atoms with Crippen LogP contribution in [0.1, 0.15) is 12.5 Å². The SMILES string of the molecule is COCC(C)Oc1ccc(CNc2ccc3c(n2)OCCO3)cc1. The molecule has 1 unspecified atom stereocenters. The van der Waals surface area contributed by atoms with Gasteiger partial charge in [0.2, 0.25) is 0 Å². The standard InChI is InChI=1S/C18H22N2O4/c1-13(12-21-2)24-15-5-3-14(4-6-15)11-19-17-8-7-16-18(20-17)23-10-9-22-16/h3-8,13H,9-12H2,1-2H3,(H,19,20). The van der Waals surface area contributed by atoms with Crippen molar-refractivity contribution in [1.29, 1.82) is 0 Å². The number of nitrogens with one attached hydrogen (secondary N) is 1. The molecule has 0 fully saturated rings. The maximum absolute atomic E-state index is 5.75. The Bertz CT molecular complexity index is 661. The van der Waals surface area contributed by atoms with Crippen molar-refractivity contribution >= 4 is 5.82 Å². The Morgan fingerprint density at radius 2 is 1.92 bits per heavy atom. The van der Waals surface area contributed by atoms with Crippen LogP contribution in [0.3, 0.4) is 0 Å². The van der Waals surface area contributed by atoms with E-state index in [1.165, 1.54) is 0 Å². The zero-order chi connectivity index (χ0) is 16.8. The van der Waals surface area contributed by atoms with Crippen molar-refractivity contribution in [2.45, 2.75) is 19.6 Å². The molecule has 2 heterocycles. The highest BCUT2D eigenvalue weighted by molar-refractivity contribution is 5.46. The van der Waals surface area contributed by atoms with Crippen LogP contribution in [0.5, 0.6) is 17.4 Å². The number of aromatic nitrogens is 1. The summed E-state index contributed by atoms with van der Waals surface area (Å²) in [6.07, 6.45) is 0.0286. The molecule has 0 amide bonds. The minimum Gasteiger partial charge on any atom is -0.488 e. The van der Waals surface area contributed by atoms with E-state index in [-0.39, 0.29) is 6.10 Å². The highest BCUT2D eigenvalue weighted by atomic mass is 16.6. The van der Waals surface area contributed by atoms with Crippen LogP contribution in [0.25, 0.3) is 0 Å². The molecule has 1 N–H and O–H groups in total. The highest BCUT2D eigenvalue weighted by Crippen LogP contribution is 2.29. The number of hydrogen-bond acceptors (Lipinski definition) is 6. The molecule has 1 aliphatic rings. The van der Waals surface area contributed by atoms with Gasteiger partial charge in [0, 0.05) is 13.7 Å². The Balaban J connectivity index is 1.55. The molecule has 128 valence electrons. The predicted octanol–water partition coefficient (Wildman–Crippen LogP) is 2.88. The number of fused-ring (bicyclic) bond motifs is 1. The van der Waals surface area contributed by atoms with Gasteiger partial charge in [0.05, 0.1) is 6.61 Å². The first-order valence-electron chi connectivity index (χ1n) is 7.99. The number of rotatable bonds is 7. The highest BCUT2D eigenvalue weighted by Gasteiger charge is 2.13. The van der Waals surface area contributed by atoms with Crippen molar-refractivity contribution < 1.29 is 18.9 Å². The second-order valence-corrected chi connectivity index (χ2v) is 5.58. The number of nitrogens with zero attached hydrogens (tertiary/aromatic N) is 1. The van der Waals surface area contributed by atoms with Gasteiger partial charge in [-0.1, -0.05) is 12.1 Å². The first-order valence-corrected chi connectivity index (χ1v) is 7.99. The van der Waals surface area contributed by atoms with Gasteiger partial charge in [-0.05, 0) is 36.8 Å². The molecule has 0 aliphatic carbocycles. The molecular formula is C18H22N2O4. The average Bonchev–Trinajstić information content (AvgIpc) is 2.61. The van der Waals surface area contributed by atoms with E-state index in [1.807, 2.05) is 43.3 Å². The van der Waals surface area contributed by atoms with E-state index in [2.05, 4.69) is 10.3 Å². The molecule has 0 spiro atoms. The van der Waals surface area contributed by atoms with E-state index in [1.54, 1.807) is 7.11 Å². The van der Waals surface area contributed by atoms with Crippen LogP contribution in [-0.4, -0.2) is 38.0 Å². The van der Waals surface area contributed by atoms with E-state index in [4.69, 9.17) is 18.9 Å². The monoisotopic (exact) mass is 330 g/mol. The molecule has 0 radical (unpaired) electrons. The lowest BCUT2D eigenvalue weighted by Gasteiger charge is -2.18. The number of pyridine rings is 1. The maximum Gasteiger partial charge on any atom is 0.259 e. The van der Waals surface area contributed by atoms with Gasteiger partial charge in [0.15, 0.2) is 5.75 Å². The topological polar surface area (TPSA) is 61.8 Å². The van der Waals surface area contributed by atoms with Crippen LogP contribution in [0.2, 0.25) is 0 Å². The van der Waals surface area contributed by atoms with Crippen molar-refractivity contribution in [3.63, 3.8) is 0 Å². The van der Waals surface area contributed by atoms with Crippen molar-refractivity contribution in [3.05, 3.63) is 42.0 Å². The fourth-order valence-corrected chi connectivity index (χ4v) is 2.41. The summed E-state index contributed by atoms with van der Waals surface area (Å²) in [7, 11) is 1.67. The predicted molar refractivity (Wildman–Crippen MR) is 91.0 cm³/mol. The van der Waals surface area contributed by atoms with Gasteiger partial charge in [-0.2, -0.15) is 4.98 Å². The van der Waals surface area contributed by atoms with Gasteiger partial charge < -0.3 is 24.3 Å². The molecule has 1 aromatic heterocycles. The molecule has 24 heavy (non-hydrogen) atoms. The van der Waals surface area contributed by atoms with E-state index in [9.17, 15) is 0 Å². The third kappa shape index (κ3) is 4.29. The smallest absolute Gasteiger partial charge is 0.259 e. The van der Waals surface area contributed by atoms with Crippen LogP contribution >= 0.6 is 0 Å². The normalized spacial score (nSPS) is 14.1. The lowest BCUT2D eigenvalue weighted by atomic mass is 10.2. The fourth-order valence-electron chi connectivity index (χ4n) is 2.41. The number of ether oxygens (including phenoxy) is 4. The maximum atomic E-state index is 5.75. The summed E-state index contributed by atoms with van der Waals surface area (Å²) >= 11 is 0. The molecule has 6 heteroatoms. The average molecular weight is 330 g/mol. The first kappa shape index (κ1) is 16.4. The Labute approximate surface area is 141 Å². The number of hydrogen-bond donors (Lipinski definition) is 1. The summed E-state index contributed by atoms with van der Waals surface area (Å²) in [6.45, 7) is 4.32. The zero-order valence-corrected chi connectivity index (χ0v) is 14.0. The minimum absolute atomic E-state index is 0.0286. The number of methoxy groups -OCH3 is 1. The molecule has 6 nitrogen and oxygen atoms in total. The van der Waals surface area contributed by atoms with Crippen molar-refractivity contribution in [2.75, 3.05) is 32.2 Å². The third-order valence-electron chi connectivity index (χ3n) is 3.54. The van der Waals surface area contributed by atoms with E-state index >= 15 is 0 Å². The van der Waals surface area contributed by atoms with Gasteiger partial charge in [0.1, 0.15) is 30.9 Å². The Morgan fingerprint density at radius 3 is 2.71 bits per heavy atom. The molecule has 0 bridgehead atoms. The summed E-state index contributed by atoms with van der Waals surface area (Å²) in [5, 5.41) is 3.28. The molecule has 1 atom stereocenters. The number of anilines is 1. The molecule has 1 aliphatic heterocycles. The largest absolute Gasteiger partial charge is 0.488 e. The Kier molecular flexibility index (Phi) is 5.38. The van der Waals surface area contributed by atoms with Crippen molar-refractivity contribution in [2.24, 2.45) is 0 Å². The first-order chi connectivity index (χ1) is 11.7. The van der Waals surface area contributed by atoms with E-state index in [0.29, 0.717) is 38.0 Å². The molecule has 2 aromatic rings. The summed E-state index contributed by atoms with van der Waals surface area (Å²) in [6, 6.07) is 11.7. The zero-order valence-electron chi connectivity index (χ0n) is 14.0. The summed E-state index contributed by atoms with van der Waals surface area (Å²) in [5.74, 6) is 2.83. The second kappa shape index (κ2) is 7.88. The molecule has 0 saturated heterocycles. The summed E-state index contributed by atoms with van der Waals surface area (Å²) < 4.78 is 21.8. The van der Waals surface area contributed by atoms with Gasteiger partial charge in [-0.25, -0.2) is 0 Å². The van der Waals surface area contributed by atoms with Gasteiger partial charge in [-0.15, -0.1) is 0 Å². The van der Waals surface area contributed by atoms with Crippen molar-refractivity contribution in [3.8, 4) is 17.4 Å². The molecule has 0 saturated carbocycles. The lowest BCUT2D eigenvalue weighted by molar-refractivity contribution is 0.0921. The molecule has 3 rings (SSSR count). The quantitative estimate of drug-likeness (QED) is 0.842. The molecule has 1 aromatic carbocycles. The van der Waals surface area contributed by atoms with E-state index < -0.39 is 0 Å². The Hall–Kier alpha value is -2.47. The van der Waals surface area contributed by atoms with Crippen LogP contribution in [-0.2, 0) is 11.3 Å². The second-order valence-electron chi connectivity index (χ2n) is 5.58. The lowest BCUT2D eigenvalue weighted by Crippen LogP contribution is -2.17. The summed E-state index contributed by atoms with van der Waals surface area (Å²) in [5.41, 5.74) is 1.14. The fraction of sp³-hybridized carbons (Fsp3) is 0.389. The van der Waals surface area contributed by atoms with Crippen LogP contribution in [0, 0.1) is 0 Å². The minimum atomic E-state index is 0.0286.